The maximum absolute atomic E-state index is 13.1. The monoisotopic (exact) mass is 351 g/mol. The molecule has 0 bridgehead atoms. The molecule has 26 heavy (non-hydrogen) atoms. The number of rotatable bonds is 3. The van der Waals surface area contributed by atoms with Gasteiger partial charge in [-0.05, 0) is 80.9 Å². The number of H-pyrrole nitrogens is 1. The van der Waals surface area contributed by atoms with Crippen LogP contribution in [0.3, 0.4) is 0 Å². The second-order valence-electron chi connectivity index (χ2n) is 7.01. The number of likely N-dealkylation sites (tertiary alicyclic amines) is 1. The van der Waals surface area contributed by atoms with Crippen molar-refractivity contribution >= 4 is 22.5 Å². The first-order valence-corrected chi connectivity index (χ1v) is 8.97. The van der Waals surface area contributed by atoms with Gasteiger partial charge in [-0.15, -0.1) is 0 Å². The lowest BCUT2D eigenvalue weighted by molar-refractivity contribution is 0.102. The Labute approximate surface area is 152 Å². The summed E-state index contributed by atoms with van der Waals surface area (Å²) in [4.78, 5) is 18.3. The van der Waals surface area contributed by atoms with Gasteiger partial charge >= 0.3 is 0 Å². The van der Waals surface area contributed by atoms with Crippen LogP contribution in [0.4, 0.5) is 10.1 Å². The van der Waals surface area contributed by atoms with Gasteiger partial charge in [-0.1, -0.05) is 6.07 Å². The second-order valence-corrected chi connectivity index (χ2v) is 7.01. The van der Waals surface area contributed by atoms with Gasteiger partial charge < -0.3 is 15.2 Å². The zero-order valence-corrected chi connectivity index (χ0v) is 14.8. The SMILES string of the molecule is CN1CCC(c2c[nH]c3cccc(NC(=O)c4ccc(F)cc4)c23)CC1. The molecule has 0 atom stereocenters. The summed E-state index contributed by atoms with van der Waals surface area (Å²) >= 11 is 0. The van der Waals surface area contributed by atoms with Gasteiger partial charge in [-0.2, -0.15) is 0 Å². The first-order chi connectivity index (χ1) is 12.6. The fourth-order valence-corrected chi connectivity index (χ4v) is 3.75. The van der Waals surface area contributed by atoms with E-state index in [0.29, 0.717) is 11.5 Å². The smallest absolute Gasteiger partial charge is 0.255 e. The third-order valence-corrected chi connectivity index (χ3v) is 5.25. The molecule has 1 saturated heterocycles. The number of benzene rings is 2. The lowest BCUT2D eigenvalue weighted by Gasteiger charge is -2.29. The standard InChI is InChI=1S/C21H22FN3O/c1-25-11-9-14(10-12-25)17-13-23-18-3-2-4-19(20(17)18)24-21(26)15-5-7-16(22)8-6-15/h2-8,13-14,23H,9-12H2,1H3,(H,24,26). The van der Waals surface area contributed by atoms with Crippen molar-refractivity contribution in [3.05, 3.63) is 65.6 Å². The Morgan fingerprint density at radius 2 is 1.88 bits per heavy atom. The topological polar surface area (TPSA) is 48.1 Å². The second kappa shape index (κ2) is 6.92. The summed E-state index contributed by atoms with van der Waals surface area (Å²) in [5, 5.41) is 4.08. The van der Waals surface area contributed by atoms with E-state index in [4.69, 9.17) is 0 Å². The molecule has 0 spiro atoms. The van der Waals surface area contributed by atoms with E-state index < -0.39 is 0 Å². The van der Waals surface area contributed by atoms with Crippen LogP contribution in [0, 0.1) is 5.82 Å². The lowest BCUT2D eigenvalue weighted by atomic mass is 9.89. The van der Waals surface area contributed by atoms with Crippen molar-refractivity contribution in [1.82, 2.24) is 9.88 Å². The summed E-state index contributed by atoms with van der Waals surface area (Å²) in [6, 6.07) is 11.5. The van der Waals surface area contributed by atoms with Crippen LogP contribution >= 0.6 is 0 Å². The summed E-state index contributed by atoms with van der Waals surface area (Å²) in [6.45, 7) is 2.17. The van der Waals surface area contributed by atoms with E-state index in [0.717, 1.165) is 42.5 Å². The molecule has 1 amide bonds. The van der Waals surface area contributed by atoms with Crippen LogP contribution in [0.5, 0.6) is 0 Å². The molecule has 2 heterocycles. The minimum atomic E-state index is -0.348. The quantitative estimate of drug-likeness (QED) is 0.736. The maximum Gasteiger partial charge on any atom is 0.255 e. The van der Waals surface area contributed by atoms with Crippen LogP contribution < -0.4 is 5.32 Å². The predicted molar refractivity (Wildman–Crippen MR) is 102 cm³/mol. The number of aromatic nitrogens is 1. The van der Waals surface area contributed by atoms with Crippen molar-refractivity contribution in [3.8, 4) is 0 Å². The van der Waals surface area contributed by atoms with Crippen molar-refractivity contribution in [2.75, 3.05) is 25.5 Å². The molecule has 5 heteroatoms. The molecule has 4 rings (SSSR count). The van der Waals surface area contributed by atoms with E-state index in [1.165, 1.54) is 29.8 Å². The summed E-state index contributed by atoms with van der Waals surface area (Å²) < 4.78 is 13.1. The van der Waals surface area contributed by atoms with Crippen LogP contribution in [-0.4, -0.2) is 35.9 Å². The zero-order chi connectivity index (χ0) is 18.1. The van der Waals surface area contributed by atoms with Gasteiger partial charge in [0.25, 0.3) is 5.91 Å². The third kappa shape index (κ3) is 3.22. The molecule has 1 fully saturated rings. The zero-order valence-electron chi connectivity index (χ0n) is 14.8. The normalized spacial score (nSPS) is 16.1. The number of hydrogen-bond donors (Lipinski definition) is 2. The van der Waals surface area contributed by atoms with E-state index in [1.807, 2.05) is 18.2 Å². The number of aromatic amines is 1. The van der Waals surface area contributed by atoms with Gasteiger partial charge in [-0.3, -0.25) is 4.79 Å². The van der Waals surface area contributed by atoms with E-state index >= 15 is 0 Å². The number of amides is 1. The molecule has 0 radical (unpaired) electrons. The van der Waals surface area contributed by atoms with Crippen molar-refractivity contribution in [2.24, 2.45) is 0 Å². The minimum absolute atomic E-state index is 0.229. The fourth-order valence-electron chi connectivity index (χ4n) is 3.75. The van der Waals surface area contributed by atoms with Crippen LogP contribution in [0.25, 0.3) is 10.9 Å². The first kappa shape index (κ1) is 16.8. The van der Waals surface area contributed by atoms with E-state index in [1.54, 1.807) is 0 Å². The molecule has 2 aromatic carbocycles. The van der Waals surface area contributed by atoms with Gasteiger partial charge in [0.1, 0.15) is 5.82 Å². The number of piperidine rings is 1. The summed E-state index contributed by atoms with van der Waals surface area (Å²) in [6.07, 6.45) is 4.31. The summed E-state index contributed by atoms with van der Waals surface area (Å²) in [5.41, 5.74) is 3.53. The van der Waals surface area contributed by atoms with Crippen LogP contribution in [0.2, 0.25) is 0 Å². The molecule has 3 aromatic rings. The molecule has 0 saturated carbocycles. The number of carbonyl (C=O) groups is 1. The molecule has 0 aliphatic carbocycles. The summed E-state index contributed by atoms with van der Waals surface area (Å²) in [7, 11) is 2.15. The molecular weight excluding hydrogens is 329 g/mol. The Hall–Kier alpha value is -2.66. The number of fused-ring (bicyclic) bond motifs is 1. The van der Waals surface area contributed by atoms with Crippen LogP contribution in [0.1, 0.15) is 34.7 Å². The number of nitrogens with one attached hydrogen (secondary N) is 2. The Balaban J connectivity index is 1.65. The predicted octanol–water partition coefficient (Wildman–Crippen LogP) is 4.37. The Bertz CT molecular complexity index is 924. The Kier molecular flexibility index (Phi) is 4.47. The molecule has 1 aliphatic rings. The number of anilines is 1. The average molecular weight is 351 g/mol. The number of carbonyl (C=O) groups excluding carboxylic acids is 1. The van der Waals surface area contributed by atoms with Crippen LogP contribution in [-0.2, 0) is 0 Å². The number of nitrogens with zero attached hydrogens (tertiary/aromatic N) is 1. The number of halogens is 1. The molecule has 0 unspecified atom stereocenters. The van der Waals surface area contributed by atoms with Crippen molar-refractivity contribution in [1.29, 1.82) is 0 Å². The molecule has 134 valence electrons. The van der Waals surface area contributed by atoms with Gasteiger partial charge in [-0.25, -0.2) is 4.39 Å². The van der Waals surface area contributed by atoms with Gasteiger partial charge in [0, 0.05) is 22.7 Å². The van der Waals surface area contributed by atoms with E-state index in [9.17, 15) is 9.18 Å². The van der Waals surface area contributed by atoms with Crippen LogP contribution in [0.15, 0.2) is 48.7 Å². The molecular formula is C21H22FN3O. The minimum Gasteiger partial charge on any atom is -0.361 e. The number of hydrogen-bond acceptors (Lipinski definition) is 2. The van der Waals surface area contributed by atoms with Gasteiger partial charge in [0.05, 0.1) is 5.69 Å². The Morgan fingerprint density at radius 3 is 2.62 bits per heavy atom. The highest BCUT2D eigenvalue weighted by atomic mass is 19.1. The van der Waals surface area contributed by atoms with Crippen molar-refractivity contribution in [3.63, 3.8) is 0 Å². The molecule has 2 N–H and O–H groups in total. The largest absolute Gasteiger partial charge is 0.361 e. The average Bonchev–Trinajstić information content (AvgIpc) is 3.08. The fraction of sp³-hybridized carbons (Fsp3) is 0.286. The van der Waals surface area contributed by atoms with E-state index in [2.05, 4.69) is 28.4 Å². The summed E-state index contributed by atoms with van der Waals surface area (Å²) in [5.74, 6) is -0.0873. The van der Waals surface area contributed by atoms with Gasteiger partial charge in [0.15, 0.2) is 0 Å². The maximum atomic E-state index is 13.1. The highest BCUT2D eigenvalue weighted by molar-refractivity contribution is 6.09. The van der Waals surface area contributed by atoms with Crippen molar-refractivity contribution < 1.29 is 9.18 Å². The molecule has 1 aliphatic heterocycles. The first-order valence-electron chi connectivity index (χ1n) is 8.97. The molecule has 1 aromatic heterocycles. The highest BCUT2D eigenvalue weighted by Gasteiger charge is 2.22. The third-order valence-electron chi connectivity index (χ3n) is 5.25. The lowest BCUT2D eigenvalue weighted by Crippen LogP contribution is -2.29. The van der Waals surface area contributed by atoms with E-state index in [-0.39, 0.29) is 11.7 Å². The van der Waals surface area contributed by atoms with Gasteiger partial charge in [0.2, 0.25) is 0 Å². The van der Waals surface area contributed by atoms with Crippen molar-refractivity contribution in [2.45, 2.75) is 18.8 Å². The molecule has 4 nitrogen and oxygen atoms in total. The Morgan fingerprint density at radius 1 is 1.15 bits per heavy atom. The highest BCUT2D eigenvalue weighted by Crippen LogP contribution is 2.36.